The van der Waals surface area contributed by atoms with Gasteiger partial charge in [0.25, 0.3) is 0 Å². The van der Waals surface area contributed by atoms with E-state index in [1.807, 2.05) is 0 Å². The first-order valence-corrected chi connectivity index (χ1v) is 8.70. The van der Waals surface area contributed by atoms with Gasteiger partial charge in [-0.3, -0.25) is 4.90 Å². The lowest BCUT2D eigenvalue weighted by atomic mass is 9.67. The van der Waals surface area contributed by atoms with Crippen LogP contribution in [0.1, 0.15) is 53.4 Å². The Bertz CT molecular complexity index is 295. The normalized spacial score (nSPS) is 34.4. The summed E-state index contributed by atoms with van der Waals surface area (Å²) < 4.78 is 0. The van der Waals surface area contributed by atoms with Crippen LogP contribution in [0.4, 0.5) is 0 Å². The molecule has 0 aromatic rings. The average Bonchev–Trinajstić information content (AvgIpc) is 2.47. The number of hydrogen-bond acceptors (Lipinski definition) is 3. The quantitative estimate of drug-likeness (QED) is 0.859. The fourth-order valence-electron chi connectivity index (χ4n) is 4.00. The zero-order valence-corrected chi connectivity index (χ0v) is 14.1. The van der Waals surface area contributed by atoms with E-state index in [2.05, 4.69) is 37.5 Å². The monoisotopic (exact) mass is 281 g/mol. The van der Waals surface area contributed by atoms with E-state index < -0.39 is 0 Å². The predicted molar refractivity (Wildman–Crippen MR) is 86.9 cm³/mol. The Morgan fingerprint density at radius 2 is 1.70 bits per heavy atom. The van der Waals surface area contributed by atoms with Crippen molar-refractivity contribution in [1.29, 1.82) is 0 Å². The Kier molecular flexibility index (Phi) is 5.49. The van der Waals surface area contributed by atoms with Gasteiger partial charge in [0.2, 0.25) is 0 Å². The van der Waals surface area contributed by atoms with E-state index in [0.717, 1.165) is 5.92 Å². The summed E-state index contributed by atoms with van der Waals surface area (Å²) in [6, 6.07) is 1.02. The van der Waals surface area contributed by atoms with Crippen LogP contribution in [0.5, 0.6) is 0 Å². The molecule has 3 heteroatoms. The fourth-order valence-corrected chi connectivity index (χ4v) is 4.00. The van der Waals surface area contributed by atoms with Crippen molar-refractivity contribution in [3.8, 4) is 0 Å². The Hall–Kier alpha value is -0.120. The van der Waals surface area contributed by atoms with Crippen molar-refractivity contribution in [2.45, 2.75) is 65.5 Å². The summed E-state index contributed by atoms with van der Waals surface area (Å²) in [6.45, 7) is 15.6. The molecule has 3 unspecified atom stereocenters. The Labute approximate surface area is 125 Å². The summed E-state index contributed by atoms with van der Waals surface area (Å²) in [4.78, 5) is 5.24. The van der Waals surface area contributed by atoms with Gasteiger partial charge < -0.3 is 10.6 Å². The molecule has 3 atom stereocenters. The molecule has 1 saturated carbocycles. The zero-order chi connectivity index (χ0) is 14.8. The van der Waals surface area contributed by atoms with Gasteiger partial charge in [0, 0.05) is 38.3 Å². The van der Waals surface area contributed by atoms with Crippen LogP contribution in [0.3, 0.4) is 0 Å². The van der Waals surface area contributed by atoms with Crippen molar-refractivity contribution < 1.29 is 0 Å². The minimum Gasteiger partial charge on any atom is -0.326 e. The highest BCUT2D eigenvalue weighted by Gasteiger charge is 2.38. The Morgan fingerprint density at radius 1 is 1.05 bits per heavy atom. The molecule has 0 aromatic carbocycles. The van der Waals surface area contributed by atoms with Crippen molar-refractivity contribution in [2.24, 2.45) is 17.1 Å². The van der Waals surface area contributed by atoms with Crippen molar-refractivity contribution in [2.75, 3.05) is 32.7 Å². The van der Waals surface area contributed by atoms with Gasteiger partial charge >= 0.3 is 0 Å². The third kappa shape index (κ3) is 3.55. The molecule has 2 rings (SSSR count). The zero-order valence-electron chi connectivity index (χ0n) is 14.1. The molecule has 1 saturated heterocycles. The third-order valence-electron chi connectivity index (χ3n) is 6.21. The second-order valence-corrected chi connectivity index (χ2v) is 7.55. The van der Waals surface area contributed by atoms with Gasteiger partial charge in [-0.05, 0) is 37.1 Å². The molecular formula is C17H35N3. The number of piperazine rings is 1. The molecule has 1 heterocycles. The van der Waals surface area contributed by atoms with Gasteiger partial charge in [-0.15, -0.1) is 0 Å². The van der Waals surface area contributed by atoms with Crippen LogP contribution in [0.2, 0.25) is 0 Å². The van der Waals surface area contributed by atoms with Gasteiger partial charge in [0.1, 0.15) is 0 Å². The summed E-state index contributed by atoms with van der Waals surface area (Å²) in [5, 5.41) is 0. The minimum absolute atomic E-state index is 0.395. The molecule has 2 N–H and O–H groups in total. The molecule has 20 heavy (non-hydrogen) atoms. The first kappa shape index (κ1) is 16.3. The van der Waals surface area contributed by atoms with Crippen molar-refractivity contribution in [3.05, 3.63) is 0 Å². The third-order valence-corrected chi connectivity index (χ3v) is 6.21. The Morgan fingerprint density at radius 3 is 2.25 bits per heavy atom. The highest BCUT2D eigenvalue weighted by atomic mass is 15.3. The molecule has 118 valence electrons. The number of nitrogens with two attached hydrogens (primary N) is 1. The summed E-state index contributed by atoms with van der Waals surface area (Å²) in [5.41, 5.74) is 6.94. The molecule has 1 aliphatic heterocycles. The second-order valence-electron chi connectivity index (χ2n) is 7.55. The van der Waals surface area contributed by atoms with E-state index in [0.29, 0.717) is 17.5 Å². The molecule has 0 radical (unpaired) electrons. The van der Waals surface area contributed by atoms with Gasteiger partial charge in [0.15, 0.2) is 0 Å². The van der Waals surface area contributed by atoms with Crippen LogP contribution in [0.15, 0.2) is 0 Å². The lowest BCUT2D eigenvalue weighted by molar-refractivity contribution is 0.0309. The maximum atomic E-state index is 6.47. The van der Waals surface area contributed by atoms with Crippen molar-refractivity contribution in [3.63, 3.8) is 0 Å². The van der Waals surface area contributed by atoms with Crippen LogP contribution >= 0.6 is 0 Å². The highest BCUT2D eigenvalue weighted by molar-refractivity contribution is 4.94. The topological polar surface area (TPSA) is 32.5 Å². The molecular weight excluding hydrogens is 246 g/mol. The van der Waals surface area contributed by atoms with Crippen LogP contribution in [0.25, 0.3) is 0 Å². The molecule has 0 aromatic heterocycles. The van der Waals surface area contributed by atoms with Gasteiger partial charge in [-0.25, -0.2) is 0 Å². The molecule has 2 fully saturated rings. The molecule has 0 bridgehead atoms. The average molecular weight is 281 g/mol. The number of nitrogens with zero attached hydrogens (tertiary/aromatic N) is 2. The second kappa shape index (κ2) is 6.76. The van der Waals surface area contributed by atoms with Crippen molar-refractivity contribution in [1.82, 2.24) is 9.80 Å². The van der Waals surface area contributed by atoms with E-state index >= 15 is 0 Å². The van der Waals surface area contributed by atoms with E-state index in [4.69, 9.17) is 5.73 Å². The lowest BCUT2D eigenvalue weighted by Crippen LogP contribution is -2.58. The number of hydrogen-bond donors (Lipinski definition) is 1. The maximum absolute atomic E-state index is 6.47. The van der Waals surface area contributed by atoms with Crippen LogP contribution in [-0.2, 0) is 0 Å². The highest BCUT2D eigenvalue weighted by Crippen LogP contribution is 2.41. The summed E-state index contributed by atoms with van der Waals surface area (Å²) >= 11 is 0. The van der Waals surface area contributed by atoms with Crippen LogP contribution in [-0.4, -0.2) is 54.6 Å². The van der Waals surface area contributed by atoms with Gasteiger partial charge in [0.05, 0.1) is 0 Å². The molecule has 1 aliphatic carbocycles. The maximum Gasteiger partial charge on any atom is 0.0251 e. The first-order valence-electron chi connectivity index (χ1n) is 8.70. The van der Waals surface area contributed by atoms with Gasteiger partial charge in [-0.1, -0.05) is 34.1 Å². The smallest absolute Gasteiger partial charge is 0.0251 e. The SMILES string of the molecule is CCN1CCN(C2CC(C(C)(C)CC)CCC2N)CC1. The fraction of sp³-hybridized carbons (Fsp3) is 1.00. The first-order chi connectivity index (χ1) is 9.47. The molecule has 3 nitrogen and oxygen atoms in total. The van der Waals surface area contributed by atoms with E-state index in [9.17, 15) is 0 Å². The number of rotatable bonds is 4. The molecule has 0 amide bonds. The van der Waals surface area contributed by atoms with Gasteiger partial charge in [-0.2, -0.15) is 0 Å². The largest absolute Gasteiger partial charge is 0.326 e. The lowest BCUT2D eigenvalue weighted by Gasteiger charge is -2.48. The molecule has 2 aliphatic rings. The Balaban J connectivity index is 1.96. The minimum atomic E-state index is 0.395. The summed E-state index contributed by atoms with van der Waals surface area (Å²) in [6.07, 6.45) is 5.14. The standard InChI is InChI=1S/C17H35N3/c1-5-17(3,4)14-7-8-15(18)16(13-14)20-11-9-19(6-2)10-12-20/h14-16H,5-13,18H2,1-4H3. The number of likely N-dealkylation sites (N-methyl/N-ethyl adjacent to an activating group) is 1. The van der Waals surface area contributed by atoms with Crippen molar-refractivity contribution >= 4 is 0 Å². The van der Waals surface area contributed by atoms with E-state index in [-0.39, 0.29) is 0 Å². The summed E-state index contributed by atoms with van der Waals surface area (Å²) in [7, 11) is 0. The molecule has 0 spiro atoms. The van der Waals surface area contributed by atoms with E-state index in [1.54, 1.807) is 0 Å². The van der Waals surface area contributed by atoms with E-state index in [1.165, 1.54) is 58.4 Å². The predicted octanol–water partition coefficient (Wildman–Crippen LogP) is 2.56. The van der Waals surface area contributed by atoms with Crippen LogP contribution in [0, 0.1) is 11.3 Å². The van der Waals surface area contributed by atoms with Crippen LogP contribution < -0.4 is 5.73 Å². The summed E-state index contributed by atoms with van der Waals surface area (Å²) in [5.74, 6) is 0.849.